The molecule has 5 heteroatoms. The van der Waals surface area contributed by atoms with E-state index in [1.807, 2.05) is 25.6 Å². The smallest absolute Gasteiger partial charge is 0.150 e. The van der Waals surface area contributed by atoms with Gasteiger partial charge in [-0.3, -0.25) is 4.68 Å². The number of aliphatic hydroxyl groups excluding tert-OH is 1. The number of hydrogen-bond acceptors (Lipinski definition) is 4. The van der Waals surface area contributed by atoms with Gasteiger partial charge in [-0.05, 0) is 20.3 Å². The standard InChI is InChI=1S/C11H20N4O/c1-7-10(12)11(14(3)13-7)15-5-4-9(6-15)8(2)16/h8-9,16H,4-6,12H2,1-3H3. The second-order valence-corrected chi connectivity index (χ2v) is 4.68. The maximum absolute atomic E-state index is 9.58. The van der Waals surface area contributed by atoms with Crippen LogP contribution >= 0.6 is 0 Å². The molecule has 2 rings (SSSR count). The van der Waals surface area contributed by atoms with Gasteiger partial charge in [-0.2, -0.15) is 5.10 Å². The Hall–Kier alpha value is -1.23. The van der Waals surface area contributed by atoms with Crippen LogP contribution in [0.1, 0.15) is 19.0 Å². The first-order valence-corrected chi connectivity index (χ1v) is 5.72. The van der Waals surface area contributed by atoms with Gasteiger partial charge in [0.1, 0.15) is 5.82 Å². The highest BCUT2D eigenvalue weighted by molar-refractivity contribution is 5.66. The molecule has 1 aliphatic heterocycles. The first-order valence-electron chi connectivity index (χ1n) is 5.72. The van der Waals surface area contributed by atoms with Crippen molar-refractivity contribution in [2.24, 2.45) is 13.0 Å². The zero-order valence-corrected chi connectivity index (χ0v) is 10.1. The second-order valence-electron chi connectivity index (χ2n) is 4.68. The van der Waals surface area contributed by atoms with Crippen LogP contribution in [0.25, 0.3) is 0 Å². The van der Waals surface area contributed by atoms with Crippen LogP contribution < -0.4 is 10.6 Å². The van der Waals surface area contributed by atoms with Crippen LogP contribution in [-0.4, -0.2) is 34.1 Å². The van der Waals surface area contributed by atoms with E-state index in [4.69, 9.17) is 5.73 Å². The summed E-state index contributed by atoms with van der Waals surface area (Å²) in [4.78, 5) is 2.22. The molecule has 1 aromatic rings. The molecule has 2 unspecified atom stereocenters. The fraction of sp³-hybridized carbons (Fsp3) is 0.727. The van der Waals surface area contributed by atoms with Crippen molar-refractivity contribution >= 4 is 11.5 Å². The van der Waals surface area contributed by atoms with E-state index in [1.54, 1.807) is 0 Å². The highest BCUT2D eigenvalue weighted by Crippen LogP contribution is 2.31. The van der Waals surface area contributed by atoms with Gasteiger partial charge in [0.15, 0.2) is 0 Å². The maximum atomic E-state index is 9.58. The third-order valence-electron chi connectivity index (χ3n) is 3.44. The number of anilines is 2. The Labute approximate surface area is 95.8 Å². The molecule has 1 fully saturated rings. The van der Waals surface area contributed by atoms with E-state index in [0.717, 1.165) is 36.7 Å². The summed E-state index contributed by atoms with van der Waals surface area (Å²) in [6.07, 6.45) is 0.766. The van der Waals surface area contributed by atoms with Crippen molar-refractivity contribution in [3.05, 3.63) is 5.69 Å². The molecule has 1 saturated heterocycles. The van der Waals surface area contributed by atoms with E-state index in [-0.39, 0.29) is 6.10 Å². The van der Waals surface area contributed by atoms with Crippen LogP contribution in [0.3, 0.4) is 0 Å². The van der Waals surface area contributed by atoms with Crippen molar-refractivity contribution in [2.45, 2.75) is 26.4 Å². The molecule has 0 amide bonds. The number of nitrogens with zero attached hydrogens (tertiary/aromatic N) is 3. The largest absolute Gasteiger partial charge is 0.394 e. The van der Waals surface area contributed by atoms with E-state index in [0.29, 0.717) is 5.92 Å². The zero-order chi connectivity index (χ0) is 11.9. The Bertz CT molecular complexity index is 386. The Morgan fingerprint density at radius 1 is 1.56 bits per heavy atom. The molecule has 0 aromatic carbocycles. The van der Waals surface area contributed by atoms with E-state index >= 15 is 0 Å². The Morgan fingerprint density at radius 2 is 2.25 bits per heavy atom. The van der Waals surface area contributed by atoms with Gasteiger partial charge in [-0.25, -0.2) is 0 Å². The van der Waals surface area contributed by atoms with Crippen LogP contribution in [0.2, 0.25) is 0 Å². The third-order valence-corrected chi connectivity index (χ3v) is 3.44. The van der Waals surface area contributed by atoms with Crippen LogP contribution in [-0.2, 0) is 7.05 Å². The summed E-state index contributed by atoms with van der Waals surface area (Å²) in [6, 6.07) is 0. The first kappa shape index (κ1) is 11.3. The summed E-state index contributed by atoms with van der Waals surface area (Å²) in [5.41, 5.74) is 7.65. The summed E-state index contributed by atoms with van der Waals surface area (Å²) in [6.45, 7) is 5.58. The molecule has 0 spiro atoms. The Kier molecular flexibility index (Phi) is 2.80. The summed E-state index contributed by atoms with van der Waals surface area (Å²) in [5, 5.41) is 13.9. The minimum absolute atomic E-state index is 0.249. The van der Waals surface area contributed by atoms with Crippen molar-refractivity contribution in [3.63, 3.8) is 0 Å². The zero-order valence-electron chi connectivity index (χ0n) is 10.1. The molecular formula is C11H20N4O. The van der Waals surface area contributed by atoms with Gasteiger partial charge in [-0.1, -0.05) is 0 Å². The van der Waals surface area contributed by atoms with Gasteiger partial charge in [-0.15, -0.1) is 0 Å². The van der Waals surface area contributed by atoms with Gasteiger partial charge >= 0.3 is 0 Å². The number of hydrogen-bond donors (Lipinski definition) is 2. The average molecular weight is 224 g/mol. The molecule has 1 aliphatic rings. The monoisotopic (exact) mass is 224 g/mol. The minimum Gasteiger partial charge on any atom is -0.394 e. The molecule has 0 radical (unpaired) electrons. The molecule has 16 heavy (non-hydrogen) atoms. The van der Waals surface area contributed by atoms with Crippen LogP contribution in [0.4, 0.5) is 11.5 Å². The van der Waals surface area contributed by atoms with Crippen LogP contribution in [0.5, 0.6) is 0 Å². The van der Waals surface area contributed by atoms with Crippen LogP contribution in [0, 0.1) is 12.8 Å². The van der Waals surface area contributed by atoms with Gasteiger partial charge in [0.25, 0.3) is 0 Å². The summed E-state index contributed by atoms with van der Waals surface area (Å²) in [5.74, 6) is 1.33. The van der Waals surface area contributed by atoms with Gasteiger partial charge in [0.2, 0.25) is 0 Å². The molecule has 3 N–H and O–H groups in total. The normalized spacial score (nSPS) is 22.8. The predicted molar refractivity (Wildman–Crippen MR) is 64.4 cm³/mol. The SMILES string of the molecule is Cc1nn(C)c(N2CCC(C(C)O)C2)c1N. The first-order chi connectivity index (χ1) is 7.50. The lowest BCUT2D eigenvalue weighted by Crippen LogP contribution is -2.26. The van der Waals surface area contributed by atoms with Gasteiger partial charge in [0.05, 0.1) is 17.5 Å². The fourth-order valence-corrected chi connectivity index (χ4v) is 2.41. The van der Waals surface area contributed by atoms with Crippen molar-refractivity contribution < 1.29 is 5.11 Å². The predicted octanol–water partition coefficient (Wildman–Crippen LogP) is 0.518. The van der Waals surface area contributed by atoms with Crippen molar-refractivity contribution in [1.82, 2.24) is 9.78 Å². The lowest BCUT2D eigenvalue weighted by molar-refractivity contribution is 0.136. The number of nitrogen functional groups attached to an aromatic ring is 1. The summed E-state index contributed by atoms with van der Waals surface area (Å²) in [7, 11) is 1.91. The number of nitrogens with two attached hydrogens (primary N) is 1. The molecule has 0 aliphatic carbocycles. The highest BCUT2D eigenvalue weighted by atomic mass is 16.3. The molecule has 5 nitrogen and oxygen atoms in total. The number of rotatable bonds is 2. The lowest BCUT2D eigenvalue weighted by Gasteiger charge is -2.20. The van der Waals surface area contributed by atoms with Crippen molar-refractivity contribution in [2.75, 3.05) is 23.7 Å². The topological polar surface area (TPSA) is 67.3 Å². The van der Waals surface area contributed by atoms with Gasteiger partial charge in [0, 0.05) is 26.1 Å². The summed E-state index contributed by atoms with van der Waals surface area (Å²) < 4.78 is 1.83. The van der Waals surface area contributed by atoms with Crippen molar-refractivity contribution in [1.29, 1.82) is 0 Å². The van der Waals surface area contributed by atoms with Gasteiger partial charge < -0.3 is 15.7 Å². The number of aliphatic hydroxyl groups is 1. The highest BCUT2D eigenvalue weighted by Gasteiger charge is 2.29. The Morgan fingerprint density at radius 3 is 2.69 bits per heavy atom. The molecule has 2 atom stereocenters. The fourth-order valence-electron chi connectivity index (χ4n) is 2.41. The molecule has 0 bridgehead atoms. The molecule has 1 aromatic heterocycles. The third kappa shape index (κ3) is 1.75. The van der Waals surface area contributed by atoms with E-state index < -0.39 is 0 Å². The number of aryl methyl sites for hydroxylation is 2. The molecular weight excluding hydrogens is 204 g/mol. The second kappa shape index (κ2) is 3.97. The van der Waals surface area contributed by atoms with E-state index in [9.17, 15) is 5.11 Å². The molecule has 0 saturated carbocycles. The molecule has 2 heterocycles. The van der Waals surface area contributed by atoms with E-state index in [1.165, 1.54) is 0 Å². The lowest BCUT2D eigenvalue weighted by atomic mass is 10.0. The number of aromatic nitrogens is 2. The average Bonchev–Trinajstić information content (AvgIpc) is 2.74. The minimum atomic E-state index is -0.249. The Balaban J connectivity index is 2.20. The van der Waals surface area contributed by atoms with Crippen LogP contribution in [0.15, 0.2) is 0 Å². The van der Waals surface area contributed by atoms with Crippen molar-refractivity contribution in [3.8, 4) is 0 Å². The molecule has 90 valence electrons. The quantitative estimate of drug-likeness (QED) is 0.768. The maximum Gasteiger partial charge on any atom is 0.150 e. The van der Waals surface area contributed by atoms with E-state index in [2.05, 4.69) is 10.00 Å². The summed E-state index contributed by atoms with van der Waals surface area (Å²) >= 11 is 0.